The predicted molar refractivity (Wildman–Crippen MR) is 144 cm³/mol. The van der Waals surface area contributed by atoms with Crippen LogP contribution in [0.1, 0.15) is 48.3 Å². The lowest BCUT2D eigenvalue weighted by Crippen LogP contribution is -2.29. The fourth-order valence-corrected chi connectivity index (χ4v) is 7.85. The summed E-state index contributed by atoms with van der Waals surface area (Å²) < 4.78 is 4.84. The SMILES string of the molecule is [C-]#[N+]c1ccc2c(c1)c1cc(C)c(C)c3c1n2c1cc(C2CC4CCC2C4)cc2cc[n+](C)c3c21. The average molecular weight is 455 g/mol. The van der Waals surface area contributed by atoms with E-state index in [1.54, 1.807) is 0 Å². The summed E-state index contributed by atoms with van der Waals surface area (Å²) in [6.07, 6.45) is 7.85. The van der Waals surface area contributed by atoms with Crippen molar-refractivity contribution < 1.29 is 4.57 Å². The number of aryl methyl sites for hydroxylation is 3. The van der Waals surface area contributed by atoms with E-state index < -0.39 is 0 Å². The van der Waals surface area contributed by atoms with Crippen LogP contribution in [0.25, 0.3) is 53.8 Å². The van der Waals surface area contributed by atoms with Gasteiger partial charge in [-0.05, 0) is 103 Å². The molecule has 0 N–H and O–H groups in total. The molecule has 2 fully saturated rings. The first-order valence-electron chi connectivity index (χ1n) is 13.0. The molecule has 0 radical (unpaired) electrons. The molecule has 0 aliphatic heterocycles. The fourth-order valence-electron chi connectivity index (χ4n) is 7.85. The number of rotatable bonds is 1. The minimum Gasteiger partial charge on any atom is -0.308 e. The molecule has 0 spiro atoms. The van der Waals surface area contributed by atoms with E-state index in [9.17, 15) is 0 Å². The van der Waals surface area contributed by atoms with Gasteiger partial charge in [-0.15, -0.1) is 0 Å². The molecule has 170 valence electrons. The molecule has 0 amide bonds. The van der Waals surface area contributed by atoms with Crippen LogP contribution in [-0.2, 0) is 7.05 Å². The highest BCUT2D eigenvalue weighted by atomic mass is 15.0. The monoisotopic (exact) mass is 454 g/mol. The number of fused-ring (bicyclic) bond motifs is 7. The van der Waals surface area contributed by atoms with Crippen LogP contribution in [0.4, 0.5) is 5.69 Å². The van der Waals surface area contributed by atoms with Gasteiger partial charge in [0.2, 0.25) is 5.52 Å². The van der Waals surface area contributed by atoms with Crippen LogP contribution in [0.2, 0.25) is 0 Å². The maximum Gasteiger partial charge on any atom is 0.224 e. The predicted octanol–water partition coefficient (Wildman–Crippen LogP) is 7.89. The summed E-state index contributed by atoms with van der Waals surface area (Å²) in [5.41, 5.74) is 10.0. The molecule has 6 aromatic rings. The van der Waals surface area contributed by atoms with E-state index >= 15 is 0 Å². The van der Waals surface area contributed by atoms with Crippen molar-refractivity contribution in [3.63, 3.8) is 0 Å². The van der Waals surface area contributed by atoms with Gasteiger partial charge >= 0.3 is 0 Å². The summed E-state index contributed by atoms with van der Waals surface area (Å²) in [5.74, 6) is 2.48. The third-order valence-electron chi connectivity index (χ3n) is 9.56. The molecule has 35 heavy (non-hydrogen) atoms. The summed E-state index contributed by atoms with van der Waals surface area (Å²) in [7, 11) is 2.19. The molecule has 3 heteroatoms. The van der Waals surface area contributed by atoms with Crippen LogP contribution in [0.3, 0.4) is 0 Å². The molecule has 8 rings (SSSR count). The second-order valence-electron chi connectivity index (χ2n) is 11.3. The largest absolute Gasteiger partial charge is 0.308 e. The minimum absolute atomic E-state index is 0.694. The van der Waals surface area contributed by atoms with Crippen molar-refractivity contribution in [1.82, 2.24) is 4.40 Å². The molecule has 3 nitrogen and oxygen atoms in total. The Balaban J connectivity index is 1.64. The Morgan fingerprint density at radius 3 is 2.60 bits per heavy atom. The highest BCUT2D eigenvalue weighted by Crippen LogP contribution is 2.54. The van der Waals surface area contributed by atoms with Crippen LogP contribution in [0.5, 0.6) is 0 Å². The molecular formula is C32H28N3+. The van der Waals surface area contributed by atoms with Gasteiger partial charge in [0.05, 0.1) is 33.9 Å². The van der Waals surface area contributed by atoms with Crippen LogP contribution in [-0.4, -0.2) is 4.40 Å². The first kappa shape index (κ1) is 19.6. The maximum atomic E-state index is 7.62. The van der Waals surface area contributed by atoms with Crippen LogP contribution in [0.15, 0.2) is 48.7 Å². The van der Waals surface area contributed by atoms with Crippen molar-refractivity contribution in [3.8, 4) is 0 Å². The second-order valence-corrected chi connectivity index (χ2v) is 11.3. The number of aromatic nitrogens is 2. The van der Waals surface area contributed by atoms with E-state index in [4.69, 9.17) is 6.57 Å². The molecule has 3 heterocycles. The number of hydrogen-bond donors (Lipinski definition) is 0. The highest BCUT2D eigenvalue weighted by molar-refractivity contribution is 6.26. The van der Waals surface area contributed by atoms with Crippen molar-refractivity contribution in [3.05, 3.63) is 76.8 Å². The Morgan fingerprint density at radius 2 is 1.83 bits per heavy atom. The third kappa shape index (κ3) is 2.38. The summed E-state index contributed by atoms with van der Waals surface area (Å²) in [4.78, 5) is 3.76. The van der Waals surface area contributed by atoms with E-state index in [2.05, 4.69) is 77.3 Å². The Kier molecular flexibility index (Phi) is 3.66. The lowest BCUT2D eigenvalue weighted by Gasteiger charge is -2.23. The molecule has 3 unspecified atom stereocenters. The lowest BCUT2D eigenvalue weighted by molar-refractivity contribution is -0.643. The van der Waals surface area contributed by atoms with E-state index in [0.29, 0.717) is 11.6 Å². The van der Waals surface area contributed by atoms with Gasteiger partial charge in [0.1, 0.15) is 7.05 Å². The maximum absolute atomic E-state index is 7.62. The molecule has 3 atom stereocenters. The van der Waals surface area contributed by atoms with Crippen molar-refractivity contribution in [2.45, 2.75) is 45.4 Å². The standard InChI is InChI=1S/C32H28N3/c1-17-11-26-25-16-23(33-3)7-8-27(25)35-28-15-22(24-13-19-5-6-20(24)12-19)14-21-9-10-34(4)32(30(21)28)29(18(17)2)31(26)35/h7-11,14-16,19-20,24H,5-6,12-13H2,1-2,4H3/q+1. The smallest absolute Gasteiger partial charge is 0.224 e. The Bertz CT molecular complexity index is 1920. The Hall–Kier alpha value is -3.64. The van der Waals surface area contributed by atoms with E-state index in [0.717, 1.165) is 11.8 Å². The Labute approximate surface area is 204 Å². The van der Waals surface area contributed by atoms with Crippen molar-refractivity contribution in [1.29, 1.82) is 0 Å². The molecule has 2 bridgehead atoms. The van der Waals surface area contributed by atoms with Crippen LogP contribution < -0.4 is 4.57 Å². The van der Waals surface area contributed by atoms with Crippen LogP contribution >= 0.6 is 0 Å². The molecule has 3 aromatic carbocycles. The average Bonchev–Trinajstić information content (AvgIpc) is 3.58. The van der Waals surface area contributed by atoms with Gasteiger partial charge in [0, 0.05) is 11.5 Å². The molecule has 0 saturated heterocycles. The van der Waals surface area contributed by atoms with Crippen molar-refractivity contribution in [2.24, 2.45) is 18.9 Å². The first-order valence-corrected chi connectivity index (χ1v) is 13.0. The number of pyridine rings is 2. The normalized spacial score (nSPS) is 21.9. The first-order chi connectivity index (χ1) is 17.0. The van der Waals surface area contributed by atoms with Gasteiger partial charge < -0.3 is 4.40 Å². The summed E-state index contributed by atoms with van der Waals surface area (Å²) in [5, 5.41) is 6.50. The summed E-state index contributed by atoms with van der Waals surface area (Å²) in [6.45, 7) is 12.1. The zero-order valence-electron chi connectivity index (χ0n) is 20.5. The zero-order chi connectivity index (χ0) is 23.6. The summed E-state index contributed by atoms with van der Waals surface area (Å²) in [6, 6.07) is 15.9. The molecule has 2 saturated carbocycles. The number of benzene rings is 3. The molecule has 3 aromatic heterocycles. The summed E-state index contributed by atoms with van der Waals surface area (Å²) >= 11 is 0. The fraction of sp³-hybridized carbons (Fsp3) is 0.312. The van der Waals surface area contributed by atoms with Gasteiger partial charge in [-0.2, -0.15) is 0 Å². The second kappa shape index (κ2) is 6.52. The molecule has 2 aliphatic rings. The zero-order valence-corrected chi connectivity index (χ0v) is 20.5. The van der Waals surface area contributed by atoms with Gasteiger partial charge in [0.15, 0.2) is 11.9 Å². The van der Waals surface area contributed by atoms with Gasteiger partial charge in [-0.3, -0.25) is 0 Å². The highest BCUT2D eigenvalue weighted by Gasteiger charge is 2.40. The van der Waals surface area contributed by atoms with E-state index in [-0.39, 0.29) is 0 Å². The Morgan fingerprint density at radius 1 is 0.943 bits per heavy atom. The van der Waals surface area contributed by atoms with Crippen LogP contribution in [0, 0.1) is 32.3 Å². The van der Waals surface area contributed by atoms with E-state index in [1.807, 2.05) is 6.07 Å². The van der Waals surface area contributed by atoms with E-state index in [1.165, 1.54) is 91.4 Å². The quantitative estimate of drug-likeness (QED) is 0.104. The molecular weight excluding hydrogens is 426 g/mol. The molecule has 2 aliphatic carbocycles. The van der Waals surface area contributed by atoms with Crippen molar-refractivity contribution >= 4 is 54.7 Å². The van der Waals surface area contributed by atoms with Gasteiger partial charge in [-0.1, -0.05) is 18.6 Å². The van der Waals surface area contributed by atoms with Crippen molar-refractivity contribution in [2.75, 3.05) is 0 Å². The number of hydrogen-bond acceptors (Lipinski definition) is 0. The van der Waals surface area contributed by atoms with Gasteiger partial charge in [0.25, 0.3) is 0 Å². The number of nitrogens with zero attached hydrogens (tertiary/aromatic N) is 3. The topological polar surface area (TPSA) is 12.6 Å². The lowest BCUT2D eigenvalue weighted by atomic mass is 9.82. The van der Waals surface area contributed by atoms with Gasteiger partial charge in [-0.25, -0.2) is 9.41 Å². The minimum atomic E-state index is 0.694. The third-order valence-corrected chi connectivity index (χ3v) is 9.56.